The van der Waals surface area contributed by atoms with Crippen molar-refractivity contribution in [3.05, 3.63) is 89.1 Å². The summed E-state index contributed by atoms with van der Waals surface area (Å²) in [5, 5.41) is 9.60. The molecule has 5 nitrogen and oxygen atoms in total. The minimum Gasteiger partial charge on any atom is -0.497 e. The Morgan fingerprint density at radius 2 is 1.78 bits per heavy atom. The number of hydrogen-bond acceptors (Lipinski definition) is 6. The highest BCUT2D eigenvalue weighted by Crippen LogP contribution is 2.25. The first-order valence-electron chi connectivity index (χ1n) is 8.62. The lowest BCUT2D eigenvalue weighted by Gasteiger charge is -2.19. The fraction of sp³-hybridized carbons (Fsp3) is 0.143. The van der Waals surface area contributed by atoms with Crippen LogP contribution < -0.4 is 10.1 Å². The number of hydrogen-bond donors (Lipinski definition) is 1. The summed E-state index contributed by atoms with van der Waals surface area (Å²) in [4.78, 5) is 5.49. The van der Waals surface area contributed by atoms with E-state index in [-0.39, 0.29) is 6.04 Å². The molecule has 0 aliphatic carbocycles. The molecule has 0 amide bonds. The third-order valence-electron chi connectivity index (χ3n) is 4.25. The van der Waals surface area contributed by atoms with E-state index in [1.165, 1.54) is 5.56 Å². The van der Waals surface area contributed by atoms with Crippen LogP contribution in [0.5, 0.6) is 5.75 Å². The lowest BCUT2D eigenvalue weighted by molar-refractivity contribution is 0.363. The van der Waals surface area contributed by atoms with Crippen molar-refractivity contribution in [2.24, 2.45) is 0 Å². The molecule has 1 atom stereocenters. The van der Waals surface area contributed by atoms with Crippen molar-refractivity contribution in [2.75, 3.05) is 7.11 Å². The Bertz CT molecular complexity index is 966. The molecule has 6 heteroatoms. The molecular weight excluding hydrogens is 358 g/mol. The fourth-order valence-electron chi connectivity index (χ4n) is 2.89. The van der Waals surface area contributed by atoms with Crippen molar-refractivity contribution < 1.29 is 9.26 Å². The quantitative estimate of drug-likeness (QED) is 0.506. The van der Waals surface area contributed by atoms with Gasteiger partial charge >= 0.3 is 0 Å². The molecule has 0 fully saturated rings. The van der Waals surface area contributed by atoms with Gasteiger partial charge in [0.1, 0.15) is 5.75 Å². The van der Waals surface area contributed by atoms with Gasteiger partial charge in [-0.3, -0.25) is 5.32 Å². The first-order chi connectivity index (χ1) is 13.3. The van der Waals surface area contributed by atoms with Crippen LogP contribution >= 0.6 is 11.3 Å². The van der Waals surface area contributed by atoms with Crippen LogP contribution in [0.1, 0.15) is 23.1 Å². The number of aromatic nitrogens is 2. The van der Waals surface area contributed by atoms with Crippen molar-refractivity contribution in [1.29, 1.82) is 0 Å². The Morgan fingerprint density at radius 1 is 1.00 bits per heavy atom. The van der Waals surface area contributed by atoms with E-state index in [2.05, 4.69) is 39.7 Å². The van der Waals surface area contributed by atoms with E-state index in [4.69, 9.17) is 9.26 Å². The number of ether oxygens (including phenoxy) is 1. The van der Waals surface area contributed by atoms with E-state index < -0.39 is 0 Å². The molecule has 4 rings (SSSR count). The van der Waals surface area contributed by atoms with Crippen LogP contribution in [0.4, 0.5) is 0 Å². The van der Waals surface area contributed by atoms with Crippen LogP contribution in [0.3, 0.4) is 0 Å². The molecule has 0 aliphatic heterocycles. The minimum absolute atomic E-state index is 0.00851. The second kappa shape index (κ2) is 8.16. The zero-order valence-electron chi connectivity index (χ0n) is 14.8. The Kier molecular flexibility index (Phi) is 5.27. The van der Waals surface area contributed by atoms with Crippen molar-refractivity contribution in [1.82, 2.24) is 15.5 Å². The normalized spacial score (nSPS) is 12.0. The summed E-state index contributed by atoms with van der Waals surface area (Å²) in [6, 6.07) is 22.3. The zero-order valence-corrected chi connectivity index (χ0v) is 15.6. The summed E-state index contributed by atoms with van der Waals surface area (Å²) < 4.78 is 10.7. The molecule has 2 aromatic carbocycles. The summed E-state index contributed by atoms with van der Waals surface area (Å²) in [5.74, 6) is 2.03. The molecule has 4 aromatic rings. The molecule has 0 saturated carbocycles. The van der Waals surface area contributed by atoms with E-state index >= 15 is 0 Å². The van der Waals surface area contributed by atoms with Gasteiger partial charge in [-0.05, 0) is 34.7 Å². The van der Waals surface area contributed by atoms with E-state index in [9.17, 15) is 0 Å². The second-order valence-corrected chi connectivity index (χ2v) is 6.93. The van der Waals surface area contributed by atoms with E-state index in [0.717, 1.165) is 16.2 Å². The van der Waals surface area contributed by atoms with Gasteiger partial charge in [-0.1, -0.05) is 53.7 Å². The van der Waals surface area contributed by atoms with Crippen LogP contribution in [-0.4, -0.2) is 17.3 Å². The number of nitrogens with zero attached hydrogens (tertiary/aromatic N) is 2. The molecule has 0 radical (unpaired) electrons. The first kappa shape index (κ1) is 17.5. The summed E-state index contributed by atoms with van der Waals surface area (Å²) in [5.41, 5.74) is 2.31. The van der Waals surface area contributed by atoms with Crippen LogP contribution in [0.25, 0.3) is 10.7 Å². The van der Waals surface area contributed by atoms with E-state index in [1.807, 2.05) is 47.8 Å². The van der Waals surface area contributed by atoms with Gasteiger partial charge in [0, 0.05) is 0 Å². The van der Waals surface area contributed by atoms with Gasteiger partial charge < -0.3 is 9.26 Å². The maximum absolute atomic E-state index is 5.41. The lowest BCUT2D eigenvalue weighted by Crippen LogP contribution is -2.22. The topological polar surface area (TPSA) is 60.2 Å². The lowest BCUT2D eigenvalue weighted by atomic mass is 9.98. The molecule has 136 valence electrons. The molecule has 0 aliphatic rings. The summed E-state index contributed by atoms with van der Waals surface area (Å²) in [6.45, 7) is 0.476. The molecule has 1 unspecified atom stereocenters. The molecule has 2 heterocycles. The zero-order chi connectivity index (χ0) is 18.5. The van der Waals surface area contributed by atoms with Crippen LogP contribution in [0.2, 0.25) is 0 Å². The Hall–Kier alpha value is -2.96. The van der Waals surface area contributed by atoms with Gasteiger partial charge in [-0.25, -0.2) is 0 Å². The first-order valence-corrected chi connectivity index (χ1v) is 9.50. The molecular formula is C21H19N3O2S. The molecule has 0 spiro atoms. The van der Waals surface area contributed by atoms with E-state index in [0.29, 0.717) is 18.3 Å². The third kappa shape index (κ3) is 4.07. The molecule has 27 heavy (non-hydrogen) atoms. The maximum Gasteiger partial charge on any atom is 0.240 e. The summed E-state index contributed by atoms with van der Waals surface area (Å²) in [6.07, 6.45) is 0. The molecule has 2 aromatic heterocycles. The van der Waals surface area contributed by atoms with Crippen LogP contribution in [-0.2, 0) is 6.54 Å². The number of rotatable bonds is 7. The predicted molar refractivity (Wildman–Crippen MR) is 106 cm³/mol. The Balaban J connectivity index is 1.54. The predicted octanol–water partition coefficient (Wildman–Crippen LogP) is 4.69. The van der Waals surface area contributed by atoms with Gasteiger partial charge in [0.05, 0.1) is 24.6 Å². The SMILES string of the molecule is COc1ccc(C(NCc2nc(-c3cccs3)no2)c2ccccc2)cc1. The highest BCUT2D eigenvalue weighted by molar-refractivity contribution is 7.13. The molecule has 0 bridgehead atoms. The van der Waals surface area contributed by atoms with Crippen LogP contribution in [0, 0.1) is 0 Å². The highest BCUT2D eigenvalue weighted by Gasteiger charge is 2.16. The largest absolute Gasteiger partial charge is 0.497 e. The van der Waals surface area contributed by atoms with E-state index in [1.54, 1.807) is 18.4 Å². The molecule has 0 saturated heterocycles. The Morgan fingerprint density at radius 3 is 2.48 bits per heavy atom. The smallest absolute Gasteiger partial charge is 0.240 e. The van der Waals surface area contributed by atoms with Crippen molar-refractivity contribution in [2.45, 2.75) is 12.6 Å². The number of thiophene rings is 1. The van der Waals surface area contributed by atoms with Gasteiger partial charge in [0.25, 0.3) is 0 Å². The third-order valence-corrected chi connectivity index (χ3v) is 5.11. The van der Waals surface area contributed by atoms with Crippen LogP contribution in [0.15, 0.2) is 76.6 Å². The second-order valence-electron chi connectivity index (χ2n) is 5.99. The number of methoxy groups -OCH3 is 1. The van der Waals surface area contributed by atoms with Gasteiger partial charge in [0.2, 0.25) is 11.7 Å². The highest BCUT2D eigenvalue weighted by atomic mass is 32.1. The van der Waals surface area contributed by atoms with Gasteiger partial charge in [0.15, 0.2) is 0 Å². The number of benzene rings is 2. The average Bonchev–Trinajstić information content (AvgIpc) is 3.41. The van der Waals surface area contributed by atoms with Gasteiger partial charge in [-0.15, -0.1) is 11.3 Å². The van der Waals surface area contributed by atoms with Crippen molar-refractivity contribution in [3.63, 3.8) is 0 Å². The average molecular weight is 377 g/mol. The summed E-state index contributed by atoms with van der Waals surface area (Å²) in [7, 11) is 1.67. The standard InChI is InChI=1S/C21H19N3O2S/c1-25-17-11-9-16(10-12-17)20(15-6-3-2-4-7-15)22-14-19-23-21(24-26-19)18-8-5-13-27-18/h2-13,20,22H,14H2,1H3. The number of nitrogens with one attached hydrogen (secondary N) is 1. The van der Waals surface area contributed by atoms with Crippen molar-refractivity contribution in [3.8, 4) is 16.5 Å². The monoisotopic (exact) mass is 377 g/mol. The maximum atomic E-state index is 5.41. The fourth-order valence-corrected chi connectivity index (χ4v) is 3.54. The summed E-state index contributed by atoms with van der Waals surface area (Å²) >= 11 is 1.59. The molecule has 1 N–H and O–H groups in total. The van der Waals surface area contributed by atoms with Crippen molar-refractivity contribution >= 4 is 11.3 Å². The Labute approximate surface area is 161 Å². The van der Waals surface area contributed by atoms with Gasteiger partial charge in [-0.2, -0.15) is 4.98 Å². The minimum atomic E-state index is 0.00851.